The second kappa shape index (κ2) is 8.71. The van der Waals surface area contributed by atoms with E-state index in [9.17, 15) is 4.79 Å². The molecule has 1 aromatic carbocycles. The van der Waals surface area contributed by atoms with Crippen molar-refractivity contribution < 1.29 is 4.79 Å². The number of amides is 1. The van der Waals surface area contributed by atoms with Crippen molar-refractivity contribution in [3.63, 3.8) is 0 Å². The van der Waals surface area contributed by atoms with Crippen molar-refractivity contribution in [1.29, 1.82) is 0 Å². The molecule has 2 aromatic heterocycles. The van der Waals surface area contributed by atoms with Gasteiger partial charge >= 0.3 is 0 Å². The molecule has 1 amide bonds. The maximum absolute atomic E-state index is 13.1. The molecule has 154 valence electrons. The number of carbonyl (C=O) groups excluding carboxylic acids is 1. The van der Waals surface area contributed by atoms with Crippen LogP contribution < -0.4 is 5.32 Å². The number of rotatable bonds is 4. The average molecular weight is 401 g/mol. The summed E-state index contributed by atoms with van der Waals surface area (Å²) in [6.07, 6.45) is 11.6. The number of fused-ring (bicyclic) bond motifs is 1. The molecule has 4 rings (SSSR count). The van der Waals surface area contributed by atoms with Crippen LogP contribution in [-0.2, 0) is 6.54 Å². The summed E-state index contributed by atoms with van der Waals surface area (Å²) >= 11 is 0. The van der Waals surface area contributed by atoms with E-state index < -0.39 is 5.54 Å². The van der Waals surface area contributed by atoms with E-state index in [1.807, 2.05) is 48.4 Å². The molecular formula is C25H28N4O. The van der Waals surface area contributed by atoms with Crippen molar-refractivity contribution in [2.45, 2.75) is 64.5 Å². The Labute approximate surface area is 177 Å². The van der Waals surface area contributed by atoms with Gasteiger partial charge in [-0.25, -0.2) is 0 Å². The molecule has 3 aromatic rings. The quantitative estimate of drug-likeness (QED) is 0.650. The molecule has 0 radical (unpaired) electrons. The lowest BCUT2D eigenvalue weighted by atomic mass is 9.81. The molecule has 2 heterocycles. The lowest BCUT2D eigenvalue weighted by Crippen LogP contribution is -2.48. The van der Waals surface area contributed by atoms with Crippen molar-refractivity contribution in [3.05, 3.63) is 59.7 Å². The zero-order valence-electron chi connectivity index (χ0n) is 17.7. The summed E-state index contributed by atoms with van der Waals surface area (Å²) in [5, 5.41) is 9.92. The topological polar surface area (TPSA) is 59.8 Å². The van der Waals surface area contributed by atoms with Crippen LogP contribution in [0, 0.1) is 18.8 Å². The van der Waals surface area contributed by atoms with Gasteiger partial charge in [-0.05, 0) is 26.2 Å². The first-order chi connectivity index (χ1) is 14.6. The van der Waals surface area contributed by atoms with Crippen molar-refractivity contribution >= 4 is 16.7 Å². The van der Waals surface area contributed by atoms with E-state index in [0.29, 0.717) is 5.56 Å². The van der Waals surface area contributed by atoms with Crippen LogP contribution in [-0.4, -0.2) is 26.2 Å². The zero-order valence-corrected chi connectivity index (χ0v) is 17.7. The van der Waals surface area contributed by atoms with Gasteiger partial charge in [0.15, 0.2) is 0 Å². The van der Waals surface area contributed by atoms with Gasteiger partial charge in [0.1, 0.15) is 5.54 Å². The fourth-order valence-corrected chi connectivity index (χ4v) is 4.21. The molecule has 1 saturated carbocycles. The maximum Gasteiger partial charge on any atom is 0.255 e. The van der Waals surface area contributed by atoms with E-state index in [1.54, 1.807) is 0 Å². The highest BCUT2D eigenvalue weighted by Gasteiger charge is 2.33. The summed E-state index contributed by atoms with van der Waals surface area (Å²) < 4.78 is 1.85. The van der Waals surface area contributed by atoms with Crippen molar-refractivity contribution in [2.75, 3.05) is 0 Å². The number of hydrogen-bond donors (Lipinski definition) is 1. The third-order valence-electron chi connectivity index (χ3n) is 5.81. The minimum atomic E-state index is -0.508. The van der Waals surface area contributed by atoms with Crippen molar-refractivity contribution in [2.24, 2.45) is 0 Å². The number of nitrogens with zero attached hydrogens (tertiary/aromatic N) is 3. The fraction of sp³-hybridized carbons (Fsp3) is 0.400. The summed E-state index contributed by atoms with van der Waals surface area (Å²) in [5.41, 5.74) is 1.80. The van der Waals surface area contributed by atoms with Gasteiger partial charge in [-0.15, -0.1) is 0 Å². The molecule has 5 nitrogen and oxygen atoms in total. The van der Waals surface area contributed by atoms with Crippen LogP contribution in [0.25, 0.3) is 10.8 Å². The molecule has 0 aliphatic heterocycles. The Morgan fingerprint density at radius 2 is 2.00 bits per heavy atom. The van der Waals surface area contributed by atoms with E-state index in [-0.39, 0.29) is 5.91 Å². The molecule has 0 bridgehead atoms. The van der Waals surface area contributed by atoms with Gasteiger partial charge in [0.05, 0.1) is 16.8 Å². The summed E-state index contributed by atoms with van der Waals surface area (Å²) in [5.74, 6) is 6.71. The molecule has 0 unspecified atom stereocenters. The molecule has 5 heteroatoms. The molecule has 0 atom stereocenters. The Kier molecular flexibility index (Phi) is 5.85. The van der Waals surface area contributed by atoms with Crippen LogP contribution in [0.15, 0.2) is 42.9 Å². The van der Waals surface area contributed by atoms with Crippen molar-refractivity contribution in [3.8, 4) is 11.8 Å². The third-order valence-corrected chi connectivity index (χ3v) is 5.81. The predicted molar refractivity (Wildman–Crippen MR) is 119 cm³/mol. The van der Waals surface area contributed by atoms with Gasteiger partial charge in [0.2, 0.25) is 0 Å². The van der Waals surface area contributed by atoms with Crippen LogP contribution in [0.1, 0.15) is 67.1 Å². The lowest BCUT2D eigenvalue weighted by molar-refractivity contribution is 0.0903. The van der Waals surface area contributed by atoms with Gasteiger partial charge in [0, 0.05) is 35.9 Å². The van der Waals surface area contributed by atoms with E-state index in [4.69, 9.17) is 0 Å². The molecular weight excluding hydrogens is 372 g/mol. The lowest BCUT2D eigenvalue weighted by Gasteiger charge is -2.33. The standard InChI is InChI=1S/C25H28N4O/c1-3-15-29-18-23(19(2)28-29)24(30)27-25(12-7-4-8-13-25)14-11-21-17-26-16-20-9-5-6-10-22(20)21/h5-6,9-10,16-18H,3-4,7-8,12-13,15H2,1-2H3,(H,27,30). The van der Waals surface area contributed by atoms with Gasteiger partial charge < -0.3 is 5.32 Å². The first kappa shape index (κ1) is 20.2. The first-order valence-electron chi connectivity index (χ1n) is 10.8. The van der Waals surface area contributed by atoms with Crippen LogP contribution in [0.2, 0.25) is 0 Å². The summed E-state index contributed by atoms with van der Waals surface area (Å²) in [7, 11) is 0. The number of pyridine rings is 1. The Morgan fingerprint density at radius 3 is 2.80 bits per heavy atom. The molecule has 1 fully saturated rings. The Balaban J connectivity index is 1.64. The SMILES string of the molecule is CCCn1cc(C(=O)NC2(C#Cc3cncc4ccccc34)CCCCC2)c(C)n1. The summed E-state index contributed by atoms with van der Waals surface area (Å²) in [4.78, 5) is 17.5. The van der Waals surface area contributed by atoms with Gasteiger partial charge in [-0.1, -0.05) is 62.3 Å². The molecule has 0 saturated heterocycles. The molecule has 1 N–H and O–H groups in total. The smallest absolute Gasteiger partial charge is 0.255 e. The van der Waals surface area contributed by atoms with Crippen LogP contribution in [0.4, 0.5) is 0 Å². The van der Waals surface area contributed by atoms with Crippen molar-refractivity contribution in [1.82, 2.24) is 20.1 Å². The molecule has 30 heavy (non-hydrogen) atoms. The number of aromatic nitrogens is 3. The maximum atomic E-state index is 13.1. The minimum absolute atomic E-state index is 0.0814. The monoisotopic (exact) mass is 400 g/mol. The Hall–Kier alpha value is -3.13. The van der Waals surface area contributed by atoms with E-state index in [1.165, 1.54) is 6.42 Å². The van der Waals surface area contributed by atoms with Crippen LogP contribution in [0.5, 0.6) is 0 Å². The average Bonchev–Trinajstić information content (AvgIpc) is 3.13. The highest BCUT2D eigenvalue weighted by Crippen LogP contribution is 2.29. The largest absolute Gasteiger partial charge is 0.336 e. The first-order valence-corrected chi connectivity index (χ1v) is 10.8. The second-order valence-electron chi connectivity index (χ2n) is 8.15. The van der Waals surface area contributed by atoms with E-state index in [0.717, 1.165) is 60.7 Å². The number of aryl methyl sites for hydroxylation is 2. The third kappa shape index (κ3) is 4.23. The molecule has 0 spiro atoms. The number of nitrogens with one attached hydrogen (secondary N) is 1. The fourth-order valence-electron chi connectivity index (χ4n) is 4.21. The number of hydrogen-bond acceptors (Lipinski definition) is 3. The number of benzene rings is 1. The highest BCUT2D eigenvalue weighted by atomic mass is 16.1. The molecule has 1 aliphatic carbocycles. The second-order valence-corrected chi connectivity index (χ2v) is 8.15. The zero-order chi connectivity index (χ0) is 21.0. The van der Waals surface area contributed by atoms with Gasteiger partial charge in [0.25, 0.3) is 5.91 Å². The highest BCUT2D eigenvalue weighted by molar-refractivity contribution is 5.96. The minimum Gasteiger partial charge on any atom is -0.336 e. The number of carbonyl (C=O) groups is 1. The molecule has 1 aliphatic rings. The normalized spacial score (nSPS) is 15.4. The summed E-state index contributed by atoms with van der Waals surface area (Å²) in [6, 6.07) is 8.13. The predicted octanol–water partition coefficient (Wildman–Crippen LogP) is 4.63. The van der Waals surface area contributed by atoms with Gasteiger partial charge in [-0.3, -0.25) is 14.5 Å². The van der Waals surface area contributed by atoms with Crippen LogP contribution in [0.3, 0.4) is 0 Å². The Bertz CT molecular complexity index is 1110. The van der Waals surface area contributed by atoms with E-state index >= 15 is 0 Å². The summed E-state index contributed by atoms with van der Waals surface area (Å²) in [6.45, 7) is 4.81. The Morgan fingerprint density at radius 1 is 1.20 bits per heavy atom. The van der Waals surface area contributed by atoms with Crippen LogP contribution >= 0.6 is 0 Å². The van der Waals surface area contributed by atoms with Gasteiger partial charge in [-0.2, -0.15) is 5.10 Å². The van der Waals surface area contributed by atoms with E-state index in [2.05, 4.69) is 40.2 Å².